The van der Waals surface area contributed by atoms with Crippen LogP contribution in [0.25, 0.3) is 0 Å². The molecular weight excluding hydrogens is 254 g/mol. The molecule has 0 aromatic heterocycles. The summed E-state index contributed by atoms with van der Waals surface area (Å²) in [7, 11) is -2.14. The summed E-state index contributed by atoms with van der Waals surface area (Å²) in [4.78, 5) is 0.123. The van der Waals surface area contributed by atoms with Crippen LogP contribution in [-0.4, -0.2) is 33.3 Å². The van der Waals surface area contributed by atoms with Crippen molar-refractivity contribution in [1.29, 1.82) is 0 Å². The molecule has 0 spiro atoms. The highest BCUT2D eigenvalue weighted by molar-refractivity contribution is 7.89. The maximum absolute atomic E-state index is 11.9. The van der Waals surface area contributed by atoms with Crippen LogP contribution in [0.1, 0.15) is 13.8 Å². The third-order valence-corrected chi connectivity index (χ3v) is 4.02. The van der Waals surface area contributed by atoms with Crippen molar-refractivity contribution in [3.63, 3.8) is 0 Å². The largest absolute Gasteiger partial charge is 0.497 e. The maximum atomic E-state index is 11.9. The Hall–Kier alpha value is -1.11. The molecule has 0 fully saturated rings. The molecule has 0 radical (unpaired) electrons. The summed E-state index contributed by atoms with van der Waals surface area (Å²) in [6.45, 7) is 3.65. The number of benzene rings is 1. The molecule has 18 heavy (non-hydrogen) atoms. The van der Waals surface area contributed by atoms with Crippen molar-refractivity contribution in [2.75, 3.05) is 13.7 Å². The lowest BCUT2D eigenvalue weighted by Gasteiger charge is -2.15. The first kappa shape index (κ1) is 14.9. The lowest BCUT2D eigenvalue weighted by atomic mass is 10.1. The van der Waals surface area contributed by atoms with Gasteiger partial charge >= 0.3 is 0 Å². The monoisotopic (exact) mass is 273 g/mol. The zero-order chi connectivity index (χ0) is 13.8. The molecule has 0 aliphatic rings. The Kier molecular flexibility index (Phi) is 5.13. The van der Waals surface area contributed by atoms with Crippen molar-refractivity contribution in [3.8, 4) is 5.75 Å². The standard InChI is InChI=1S/C12H19NO4S/c1-9(2)12(14)8-13-18(15,16)11-6-4-5-10(7-11)17-3/h4-7,9,12-14H,8H2,1-3H3. The van der Waals surface area contributed by atoms with E-state index in [0.29, 0.717) is 5.75 Å². The number of sulfonamides is 1. The van der Waals surface area contributed by atoms with E-state index in [2.05, 4.69) is 4.72 Å². The van der Waals surface area contributed by atoms with Gasteiger partial charge in [-0.05, 0) is 18.1 Å². The normalized spacial score (nSPS) is 13.6. The Balaban J connectivity index is 2.80. The molecule has 0 aliphatic heterocycles. The molecule has 1 aromatic rings. The minimum absolute atomic E-state index is 0.00184. The van der Waals surface area contributed by atoms with Gasteiger partial charge in [-0.25, -0.2) is 13.1 Å². The summed E-state index contributed by atoms with van der Waals surface area (Å²) in [5.41, 5.74) is 0. The molecule has 2 N–H and O–H groups in total. The van der Waals surface area contributed by atoms with Crippen molar-refractivity contribution in [2.24, 2.45) is 5.92 Å². The van der Waals surface area contributed by atoms with Gasteiger partial charge in [-0.15, -0.1) is 0 Å². The molecule has 0 saturated heterocycles. The van der Waals surface area contributed by atoms with Gasteiger partial charge in [0, 0.05) is 12.6 Å². The molecule has 0 aliphatic carbocycles. The van der Waals surface area contributed by atoms with E-state index in [1.807, 2.05) is 13.8 Å². The van der Waals surface area contributed by atoms with Gasteiger partial charge in [0.2, 0.25) is 10.0 Å². The van der Waals surface area contributed by atoms with Gasteiger partial charge in [0.05, 0.1) is 18.1 Å². The summed E-state index contributed by atoms with van der Waals surface area (Å²) in [5.74, 6) is 0.472. The van der Waals surface area contributed by atoms with Crippen LogP contribution >= 0.6 is 0 Å². The lowest BCUT2D eigenvalue weighted by molar-refractivity contribution is 0.129. The average Bonchev–Trinajstić information content (AvgIpc) is 2.36. The van der Waals surface area contributed by atoms with Crippen LogP contribution in [0.3, 0.4) is 0 Å². The Morgan fingerprint density at radius 1 is 1.39 bits per heavy atom. The van der Waals surface area contributed by atoms with Gasteiger partial charge < -0.3 is 9.84 Å². The average molecular weight is 273 g/mol. The van der Waals surface area contributed by atoms with Crippen molar-refractivity contribution in [2.45, 2.75) is 24.8 Å². The van der Waals surface area contributed by atoms with E-state index in [0.717, 1.165) is 0 Å². The summed E-state index contributed by atoms with van der Waals surface area (Å²) < 4.78 is 31.2. The van der Waals surface area contributed by atoms with Gasteiger partial charge in [-0.1, -0.05) is 19.9 Å². The predicted octanol–water partition coefficient (Wildman–Crippen LogP) is 0.990. The smallest absolute Gasteiger partial charge is 0.240 e. The Bertz CT molecular complexity index is 485. The van der Waals surface area contributed by atoms with Gasteiger partial charge in [-0.3, -0.25) is 0 Å². The minimum atomic E-state index is -3.61. The van der Waals surface area contributed by atoms with Gasteiger partial charge in [0.1, 0.15) is 5.75 Å². The zero-order valence-electron chi connectivity index (χ0n) is 10.8. The number of aliphatic hydroxyl groups is 1. The van der Waals surface area contributed by atoms with E-state index in [1.165, 1.54) is 19.2 Å². The highest BCUT2D eigenvalue weighted by atomic mass is 32.2. The van der Waals surface area contributed by atoms with E-state index < -0.39 is 16.1 Å². The fourth-order valence-electron chi connectivity index (χ4n) is 1.28. The van der Waals surface area contributed by atoms with Gasteiger partial charge in [-0.2, -0.15) is 0 Å². The number of ether oxygens (including phenoxy) is 1. The molecule has 0 saturated carbocycles. The molecule has 102 valence electrons. The number of aliphatic hydroxyl groups excluding tert-OH is 1. The third kappa shape index (κ3) is 3.97. The second-order valence-corrected chi connectivity index (χ2v) is 6.11. The number of nitrogens with one attached hydrogen (secondary N) is 1. The molecule has 0 bridgehead atoms. The SMILES string of the molecule is COc1cccc(S(=O)(=O)NCC(O)C(C)C)c1. The van der Waals surface area contributed by atoms with Gasteiger partial charge in [0.15, 0.2) is 0 Å². The van der Waals surface area contributed by atoms with E-state index in [-0.39, 0.29) is 17.4 Å². The Morgan fingerprint density at radius 3 is 2.61 bits per heavy atom. The topological polar surface area (TPSA) is 75.6 Å². The van der Waals surface area contributed by atoms with E-state index in [4.69, 9.17) is 4.74 Å². The summed E-state index contributed by atoms with van der Waals surface area (Å²) >= 11 is 0. The van der Waals surface area contributed by atoms with Crippen LogP contribution < -0.4 is 9.46 Å². The number of hydrogen-bond donors (Lipinski definition) is 2. The summed E-state index contributed by atoms with van der Waals surface area (Å²) in [5, 5.41) is 9.59. The fourth-order valence-corrected chi connectivity index (χ4v) is 2.37. The number of hydrogen-bond acceptors (Lipinski definition) is 4. The molecule has 5 nitrogen and oxygen atoms in total. The van der Waals surface area contributed by atoms with Crippen LogP contribution in [0, 0.1) is 5.92 Å². The first-order valence-corrected chi connectivity index (χ1v) is 7.17. The second-order valence-electron chi connectivity index (χ2n) is 4.34. The predicted molar refractivity (Wildman–Crippen MR) is 69.0 cm³/mol. The fraction of sp³-hybridized carbons (Fsp3) is 0.500. The van der Waals surface area contributed by atoms with Crippen LogP contribution in [0.5, 0.6) is 5.75 Å². The van der Waals surface area contributed by atoms with Crippen molar-refractivity contribution in [3.05, 3.63) is 24.3 Å². The molecule has 1 atom stereocenters. The van der Waals surface area contributed by atoms with E-state index >= 15 is 0 Å². The highest BCUT2D eigenvalue weighted by Gasteiger charge is 2.17. The Labute approximate surface area is 108 Å². The third-order valence-electron chi connectivity index (χ3n) is 2.60. The minimum Gasteiger partial charge on any atom is -0.497 e. The van der Waals surface area contributed by atoms with Crippen molar-refractivity contribution in [1.82, 2.24) is 4.72 Å². The lowest BCUT2D eigenvalue weighted by Crippen LogP contribution is -2.34. The first-order chi connectivity index (χ1) is 8.36. The Morgan fingerprint density at radius 2 is 2.06 bits per heavy atom. The maximum Gasteiger partial charge on any atom is 0.240 e. The molecule has 0 amide bonds. The van der Waals surface area contributed by atoms with Crippen molar-refractivity contribution < 1.29 is 18.3 Å². The van der Waals surface area contributed by atoms with Crippen LogP contribution in [-0.2, 0) is 10.0 Å². The van der Waals surface area contributed by atoms with Crippen LogP contribution in [0.15, 0.2) is 29.2 Å². The van der Waals surface area contributed by atoms with Crippen molar-refractivity contribution >= 4 is 10.0 Å². The summed E-state index contributed by atoms with van der Waals surface area (Å²) in [6.07, 6.45) is -0.703. The number of methoxy groups -OCH3 is 1. The number of rotatable bonds is 6. The molecule has 1 rings (SSSR count). The quantitative estimate of drug-likeness (QED) is 0.810. The molecule has 6 heteroatoms. The molecular formula is C12H19NO4S. The first-order valence-electron chi connectivity index (χ1n) is 5.68. The molecule has 1 unspecified atom stereocenters. The molecule has 1 aromatic carbocycles. The van der Waals surface area contributed by atoms with E-state index in [1.54, 1.807) is 12.1 Å². The van der Waals surface area contributed by atoms with Crippen LogP contribution in [0.4, 0.5) is 0 Å². The molecule has 0 heterocycles. The highest BCUT2D eigenvalue weighted by Crippen LogP contribution is 2.16. The van der Waals surface area contributed by atoms with E-state index in [9.17, 15) is 13.5 Å². The van der Waals surface area contributed by atoms with Gasteiger partial charge in [0.25, 0.3) is 0 Å². The van der Waals surface area contributed by atoms with Crippen LogP contribution in [0.2, 0.25) is 0 Å². The summed E-state index contributed by atoms with van der Waals surface area (Å²) in [6, 6.07) is 6.19. The zero-order valence-corrected chi connectivity index (χ0v) is 11.6. The second kappa shape index (κ2) is 6.17.